The van der Waals surface area contributed by atoms with Crippen molar-refractivity contribution in [2.75, 3.05) is 6.61 Å². The van der Waals surface area contributed by atoms with Crippen LogP contribution in [0.25, 0.3) is 10.8 Å². The van der Waals surface area contributed by atoms with Gasteiger partial charge in [-0.3, -0.25) is 4.79 Å². The second-order valence-electron chi connectivity index (χ2n) is 8.42. The number of hydrogen-bond acceptors (Lipinski definition) is 6. The molecule has 7 nitrogen and oxygen atoms in total. The van der Waals surface area contributed by atoms with Gasteiger partial charge in [0, 0.05) is 15.4 Å². The van der Waals surface area contributed by atoms with Gasteiger partial charge in [-0.25, -0.2) is 10.2 Å². The van der Waals surface area contributed by atoms with Gasteiger partial charge in [0.2, 0.25) is 0 Å². The molecule has 1 N–H and O–H groups in total. The van der Waals surface area contributed by atoms with Crippen LogP contribution in [-0.4, -0.2) is 30.8 Å². The maximum Gasteiger partial charge on any atom is 0.343 e. The summed E-state index contributed by atoms with van der Waals surface area (Å²) in [6.07, 6.45) is 1.52. The first-order valence-corrected chi connectivity index (χ1v) is 13.0. The molecular formula is C30H27BrN2O5. The highest BCUT2D eigenvalue weighted by molar-refractivity contribution is 9.10. The van der Waals surface area contributed by atoms with Gasteiger partial charge in [-0.15, -0.1) is 0 Å². The molecule has 4 aromatic carbocycles. The number of benzene rings is 4. The first-order chi connectivity index (χ1) is 18.4. The quantitative estimate of drug-likeness (QED) is 0.101. The average Bonchev–Trinajstić information content (AvgIpc) is 2.93. The van der Waals surface area contributed by atoms with E-state index in [2.05, 4.69) is 26.5 Å². The van der Waals surface area contributed by atoms with Gasteiger partial charge < -0.3 is 14.2 Å². The smallest absolute Gasteiger partial charge is 0.343 e. The third kappa shape index (κ3) is 6.98. The monoisotopic (exact) mass is 574 g/mol. The van der Waals surface area contributed by atoms with Crippen LogP contribution in [0.15, 0.2) is 94.5 Å². The van der Waals surface area contributed by atoms with E-state index in [0.717, 1.165) is 21.7 Å². The number of esters is 1. The molecular weight excluding hydrogens is 548 g/mol. The first kappa shape index (κ1) is 26.9. The molecule has 0 aliphatic carbocycles. The number of amides is 1. The van der Waals surface area contributed by atoms with Gasteiger partial charge in [0.25, 0.3) is 5.91 Å². The summed E-state index contributed by atoms with van der Waals surface area (Å²) < 4.78 is 17.8. The van der Waals surface area contributed by atoms with Gasteiger partial charge in [0.05, 0.1) is 18.4 Å². The molecule has 0 bridgehead atoms. The summed E-state index contributed by atoms with van der Waals surface area (Å²) in [4.78, 5) is 25.3. The van der Waals surface area contributed by atoms with Crippen molar-refractivity contribution in [2.45, 2.75) is 26.4 Å². The Morgan fingerprint density at radius 2 is 1.74 bits per heavy atom. The van der Waals surface area contributed by atoms with Gasteiger partial charge in [0.1, 0.15) is 17.2 Å². The van der Waals surface area contributed by atoms with Crippen LogP contribution < -0.4 is 19.6 Å². The Morgan fingerprint density at radius 3 is 2.53 bits per heavy atom. The molecule has 0 saturated carbocycles. The Hall–Kier alpha value is -4.17. The molecule has 1 amide bonds. The molecule has 1 atom stereocenters. The highest BCUT2D eigenvalue weighted by atomic mass is 79.9. The summed E-state index contributed by atoms with van der Waals surface area (Å²) in [6.45, 7) is 4.28. The van der Waals surface area contributed by atoms with E-state index in [0.29, 0.717) is 35.0 Å². The van der Waals surface area contributed by atoms with Gasteiger partial charge in [-0.2, -0.15) is 5.10 Å². The van der Waals surface area contributed by atoms with Crippen molar-refractivity contribution in [1.82, 2.24) is 5.43 Å². The van der Waals surface area contributed by atoms with Crippen LogP contribution in [0.3, 0.4) is 0 Å². The molecule has 38 heavy (non-hydrogen) atoms. The van der Waals surface area contributed by atoms with E-state index >= 15 is 0 Å². The van der Waals surface area contributed by atoms with Crippen LogP contribution in [0.2, 0.25) is 0 Å². The van der Waals surface area contributed by atoms with Crippen LogP contribution in [0.1, 0.15) is 36.2 Å². The minimum Gasteiger partial charge on any atom is -0.494 e. The maximum atomic E-state index is 12.7. The Kier molecular flexibility index (Phi) is 9.11. The Morgan fingerprint density at radius 1 is 0.974 bits per heavy atom. The van der Waals surface area contributed by atoms with Crippen molar-refractivity contribution in [3.05, 3.63) is 101 Å². The van der Waals surface area contributed by atoms with Crippen molar-refractivity contribution in [2.24, 2.45) is 5.10 Å². The highest BCUT2D eigenvalue weighted by Gasteiger charge is 2.16. The van der Waals surface area contributed by atoms with E-state index in [1.54, 1.807) is 49.4 Å². The number of carbonyl (C=O) groups is 2. The van der Waals surface area contributed by atoms with E-state index < -0.39 is 18.0 Å². The molecule has 0 fully saturated rings. The molecule has 4 rings (SSSR count). The van der Waals surface area contributed by atoms with Crippen LogP contribution in [0.5, 0.6) is 17.2 Å². The second-order valence-corrected chi connectivity index (χ2v) is 9.33. The number of fused-ring (bicyclic) bond motifs is 1. The summed E-state index contributed by atoms with van der Waals surface area (Å²) in [5, 5.41) is 6.00. The third-order valence-electron chi connectivity index (χ3n) is 5.54. The lowest BCUT2D eigenvalue weighted by molar-refractivity contribution is -0.127. The number of hydrazone groups is 1. The fourth-order valence-electron chi connectivity index (χ4n) is 3.58. The summed E-state index contributed by atoms with van der Waals surface area (Å²) >= 11 is 3.41. The second kappa shape index (κ2) is 12.9. The molecule has 0 saturated heterocycles. The summed E-state index contributed by atoms with van der Waals surface area (Å²) in [5.41, 5.74) is 3.37. The molecule has 0 spiro atoms. The molecule has 0 radical (unpaired) electrons. The highest BCUT2D eigenvalue weighted by Crippen LogP contribution is 2.26. The summed E-state index contributed by atoms with van der Waals surface area (Å²) in [5.74, 6) is 0.649. The molecule has 0 heterocycles. The van der Waals surface area contributed by atoms with Crippen LogP contribution in [0, 0.1) is 0 Å². The zero-order valence-electron chi connectivity index (χ0n) is 21.0. The number of hydrogen-bond donors (Lipinski definition) is 1. The maximum absolute atomic E-state index is 12.7. The molecule has 0 aliphatic rings. The molecule has 0 aromatic heterocycles. The van der Waals surface area contributed by atoms with Crippen molar-refractivity contribution >= 4 is 44.8 Å². The van der Waals surface area contributed by atoms with Gasteiger partial charge >= 0.3 is 5.97 Å². The van der Waals surface area contributed by atoms with Crippen LogP contribution in [-0.2, 0) is 4.79 Å². The summed E-state index contributed by atoms with van der Waals surface area (Å²) in [6, 6.07) is 25.4. The van der Waals surface area contributed by atoms with Gasteiger partial charge in [0.15, 0.2) is 6.10 Å². The lowest BCUT2D eigenvalue weighted by atomic mass is 10.1. The normalized spacial score (nSPS) is 11.8. The topological polar surface area (TPSA) is 86.2 Å². The number of ether oxygens (including phenoxy) is 3. The van der Waals surface area contributed by atoms with Crippen molar-refractivity contribution in [3.63, 3.8) is 0 Å². The number of carbonyl (C=O) groups excluding carboxylic acids is 2. The van der Waals surface area contributed by atoms with E-state index in [-0.39, 0.29) is 0 Å². The standard InChI is InChI=1S/C30H27BrN2O5/c1-3-17-36-25-14-11-22(12-15-25)30(35)38-27-16-13-24(31)18-23(27)19-32-33-29(34)20(2)37-28-10-6-8-21-7-4-5-9-26(21)28/h4-16,18-20H,3,17H2,1-2H3,(H,33,34)/b32-19+. The molecule has 8 heteroatoms. The lowest BCUT2D eigenvalue weighted by Gasteiger charge is -2.14. The zero-order valence-corrected chi connectivity index (χ0v) is 22.6. The lowest BCUT2D eigenvalue weighted by Crippen LogP contribution is -2.33. The van der Waals surface area contributed by atoms with Crippen molar-refractivity contribution in [3.8, 4) is 17.2 Å². The predicted molar refractivity (Wildman–Crippen MR) is 151 cm³/mol. The van der Waals surface area contributed by atoms with E-state index in [1.165, 1.54) is 6.21 Å². The Labute approximate surface area is 229 Å². The zero-order chi connectivity index (χ0) is 26.9. The van der Waals surface area contributed by atoms with E-state index in [1.807, 2.05) is 49.4 Å². The van der Waals surface area contributed by atoms with E-state index in [4.69, 9.17) is 14.2 Å². The minimum absolute atomic E-state index is 0.294. The van der Waals surface area contributed by atoms with Crippen molar-refractivity contribution in [1.29, 1.82) is 0 Å². The largest absolute Gasteiger partial charge is 0.494 e. The van der Waals surface area contributed by atoms with Gasteiger partial charge in [-0.05, 0) is 67.3 Å². The summed E-state index contributed by atoms with van der Waals surface area (Å²) in [7, 11) is 0. The fourth-order valence-corrected chi connectivity index (χ4v) is 3.96. The average molecular weight is 575 g/mol. The van der Waals surface area contributed by atoms with Crippen molar-refractivity contribution < 1.29 is 23.8 Å². The molecule has 1 unspecified atom stereocenters. The Bertz CT molecular complexity index is 1450. The van der Waals surface area contributed by atoms with E-state index in [9.17, 15) is 9.59 Å². The molecule has 0 aliphatic heterocycles. The number of rotatable bonds is 10. The van der Waals surface area contributed by atoms with Crippen LogP contribution >= 0.6 is 15.9 Å². The third-order valence-corrected chi connectivity index (χ3v) is 6.03. The number of halogens is 1. The SMILES string of the molecule is CCCOc1ccc(C(=O)Oc2ccc(Br)cc2/C=N/NC(=O)C(C)Oc2cccc3ccccc23)cc1. The molecule has 194 valence electrons. The number of nitrogens with one attached hydrogen (secondary N) is 1. The van der Waals surface area contributed by atoms with Gasteiger partial charge in [-0.1, -0.05) is 59.3 Å². The Balaban J connectivity index is 1.40. The fraction of sp³-hybridized carbons (Fsp3) is 0.167. The predicted octanol–water partition coefficient (Wildman–Crippen LogP) is 6.53. The molecule has 4 aromatic rings. The first-order valence-electron chi connectivity index (χ1n) is 12.2. The minimum atomic E-state index is -0.790. The van der Waals surface area contributed by atoms with Crippen LogP contribution in [0.4, 0.5) is 0 Å². The number of nitrogens with zero attached hydrogens (tertiary/aromatic N) is 1.